The second-order valence-electron chi connectivity index (χ2n) is 4.89. The van der Waals surface area contributed by atoms with Gasteiger partial charge < -0.3 is 24.1 Å². The lowest BCUT2D eigenvalue weighted by molar-refractivity contribution is -0.298. The van der Waals surface area contributed by atoms with Crippen LogP contribution in [0.4, 0.5) is 0 Å². The van der Waals surface area contributed by atoms with Crippen molar-refractivity contribution in [1.82, 2.24) is 0 Å². The summed E-state index contributed by atoms with van der Waals surface area (Å²) in [5, 5.41) is 10.0. The van der Waals surface area contributed by atoms with Gasteiger partial charge in [0.1, 0.15) is 18.3 Å². The molecule has 1 fully saturated rings. The quantitative estimate of drug-likeness (QED) is 0.883. The fraction of sp³-hybridized carbons (Fsp3) is 0.600. The van der Waals surface area contributed by atoms with Crippen LogP contribution in [0.3, 0.4) is 0 Å². The molecule has 5 heteroatoms. The van der Waals surface area contributed by atoms with Crippen LogP contribution in [0.2, 0.25) is 0 Å². The molecule has 0 aromatic heterocycles. The molecular weight excluding hydrogens is 260 g/mol. The largest absolute Gasteiger partial charge is 0.376 e. The van der Waals surface area contributed by atoms with Gasteiger partial charge in [-0.05, 0) is 12.5 Å². The summed E-state index contributed by atoms with van der Waals surface area (Å²) in [6.07, 6.45) is -2.51. The first-order chi connectivity index (χ1) is 9.67. The molecule has 0 unspecified atom stereocenters. The fourth-order valence-electron chi connectivity index (χ4n) is 2.53. The molecule has 0 saturated carbocycles. The van der Waals surface area contributed by atoms with Crippen LogP contribution < -0.4 is 0 Å². The first-order valence-corrected chi connectivity index (χ1v) is 6.72. The second-order valence-corrected chi connectivity index (χ2v) is 4.89. The van der Waals surface area contributed by atoms with Crippen molar-refractivity contribution in [3.8, 4) is 0 Å². The summed E-state index contributed by atoms with van der Waals surface area (Å²) in [6.45, 7) is 2.23. The standard InChI is InChI=1S/C15H22O5/c1-10-12(17-2)13(18-3)14(15(16)20-10)19-9-11-7-5-4-6-8-11/h4-8,10,12-16H,9H2,1-3H3/t10-,12+,13+,14-,15-/m0/s1. The van der Waals surface area contributed by atoms with E-state index in [9.17, 15) is 5.11 Å². The van der Waals surface area contributed by atoms with Gasteiger partial charge in [0.2, 0.25) is 0 Å². The van der Waals surface area contributed by atoms with E-state index in [0.717, 1.165) is 5.56 Å². The summed E-state index contributed by atoms with van der Waals surface area (Å²) < 4.78 is 22.1. The summed E-state index contributed by atoms with van der Waals surface area (Å²) in [7, 11) is 3.18. The van der Waals surface area contributed by atoms with Crippen LogP contribution in [0.15, 0.2) is 30.3 Å². The molecule has 1 saturated heterocycles. The van der Waals surface area contributed by atoms with Crippen molar-refractivity contribution in [3.05, 3.63) is 35.9 Å². The molecule has 1 aliphatic heterocycles. The summed E-state index contributed by atoms with van der Waals surface area (Å²) in [5.41, 5.74) is 1.03. The Morgan fingerprint density at radius 3 is 2.30 bits per heavy atom. The molecule has 5 nitrogen and oxygen atoms in total. The minimum atomic E-state index is -1.02. The maximum absolute atomic E-state index is 10.0. The summed E-state index contributed by atoms with van der Waals surface area (Å²) >= 11 is 0. The zero-order chi connectivity index (χ0) is 14.5. The minimum Gasteiger partial charge on any atom is -0.376 e. The van der Waals surface area contributed by atoms with E-state index in [4.69, 9.17) is 18.9 Å². The number of aliphatic hydroxyl groups is 1. The minimum absolute atomic E-state index is 0.253. The molecule has 1 heterocycles. The van der Waals surface area contributed by atoms with E-state index < -0.39 is 12.4 Å². The smallest absolute Gasteiger partial charge is 0.184 e. The van der Waals surface area contributed by atoms with Crippen LogP contribution in [0.1, 0.15) is 12.5 Å². The zero-order valence-corrected chi connectivity index (χ0v) is 12.1. The van der Waals surface area contributed by atoms with Gasteiger partial charge in [0.15, 0.2) is 6.29 Å². The molecule has 1 aromatic carbocycles. The molecule has 1 aliphatic rings. The van der Waals surface area contributed by atoms with Gasteiger partial charge in [0, 0.05) is 14.2 Å². The van der Waals surface area contributed by atoms with Gasteiger partial charge >= 0.3 is 0 Å². The van der Waals surface area contributed by atoms with Crippen LogP contribution >= 0.6 is 0 Å². The third kappa shape index (κ3) is 3.37. The van der Waals surface area contributed by atoms with Crippen molar-refractivity contribution in [3.63, 3.8) is 0 Å². The van der Waals surface area contributed by atoms with E-state index in [-0.39, 0.29) is 18.3 Å². The van der Waals surface area contributed by atoms with Crippen molar-refractivity contribution in [1.29, 1.82) is 0 Å². The fourth-order valence-corrected chi connectivity index (χ4v) is 2.53. The molecule has 0 amide bonds. The summed E-state index contributed by atoms with van der Waals surface area (Å²) in [4.78, 5) is 0. The highest BCUT2D eigenvalue weighted by molar-refractivity contribution is 5.13. The molecule has 20 heavy (non-hydrogen) atoms. The maximum Gasteiger partial charge on any atom is 0.184 e. The van der Waals surface area contributed by atoms with E-state index >= 15 is 0 Å². The van der Waals surface area contributed by atoms with Gasteiger partial charge in [-0.1, -0.05) is 30.3 Å². The number of aliphatic hydroxyl groups excluding tert-OH is 1. The van der Waals surface area contributed by atoms with E-state index in [1.165, 1.54) is 0 Å². The van der Waals surface area contributed by atoms with Crippen LogP contribution in [0.5, 0.6) is 0 Å². The van der Waals surface area contributed by atoms with Gasteiger partial charge in [-0.15, -0.1) is 0 Å². The number of hydrogen-bond donors (Lipinski definition) is 1. The number of hydrogen-bond acceptors (Lipinski definition) is 5. The van der Waals surface area contributed by atoms with Crippen molar-refractivity contribution in [2.45, 2.75) is 44.2 Å². The van der Waals surface area contributed by atoms with Gasteiger partial charge in [0.25, 0.3) is 0 Å². The average molecular weight is 282 g/mol. The number of methoxy groups -OCH3 is 2. The van der Waals surface area contributed by atoms with Gasteiger partial charge in [-0.3, -0.25) is 0 Å². The van der Waals surface area contributed by atoms with Crippen molar-refractivity contribution >= 4 is 0 Å². The van der Waals surface area contributed by atoms with Crippen molar-refractivity contribution < 1.29 is 24.1 Å². The Balaban J connectivity index is 2.03. The first-order valence-electron chi connectivity index (χ1n) is 6.72. The molecule has 1 aromatic rings. The van der Waals surface area contributed by atoms with Crippen molar-refractivity contribution in [2.75, 3.05) is 14.2 Å². The molecule has 5 atom stereocenters. The van der Waals surface area contributed by atoms with E-state index in [0.29, 0.717) is 6.61 Å². The number of ether oxygens (including phenoxy) is 4. The monoisotopic (exact) mass is 282 g/mol. The normalized spacial score (nSPS) is 34.1. The Kier molecular flexibility index (Phi) is 5.51. The van der Waals surface area contributed by atoms with Crippen LogP contribution in [-0.2, 0) is 25.6 Å². The van der Waals surface area contributed by atoms with Crippen molar-refractivity contribution in [2.24, 2.45) is 0 Å². The second kappa shape index (κ2) is 7.15. The number of rotatable bonds is 5. The highest BCUT2D eigenvalue weighted by atomic mass is 16.7. The third-order valence-electron chi connectivity index (χ3n) is 3.57. The predicted molar refractivity (Wildman–Crippen MR) is 73.2 cm³/mol. The first kappa shape index (κ1) is 15.4. The molecule has 0 spiro atoms. The van der Waals surface area contributed by atoms with Crippen LogP contribution in [0.25, 0.3) is 0 Å². The Morgan fingerprint density at radius 1 is 1.05 bits per heavy atom. The van der Waals surface area contributed by atoms with Gasteiger partial charge in [-0.2, -0.15) is 0 Å². The van der Waals surface area contributed by atoms with Gasteiger partial charge in [-0.25, -0.2) is 0 Å². The SMILES string of the molecule is CO[C@@H]1[C@H](OC)[C@H](C)O[C@H](O)[C@H]1OCc1ccccc1. The van der Waals surface area contributed by atoms with Gasteiger partial charge in [0.05, 0.1) is 12.7 Å². The Hall–Kier alpha value is -0.980. The summed E-state index contributed by atoms with van der Waals surface area (Å²) in [5.74, 6) is 0. The highest BCUT2D eigenvalue weighted by Gasteiger charge is 2.45. The van der Waals surface area contributed by atoms with E-state index in [2.05, 4.69) is 0 Å². The summed E-state index contributed by atoms with van der Waals surface area (Å²) in [6, 6.07) is 9.77. The maximum atomic E-state index is 10.0. The molecular formula is C15H22O5. The van der Waals surface area contributed by atoms with E-state index in [1.807, 2.05) is 37.3 Å². The van der Waals surface area contributed by atoms with Crippen LogP contribution in [0, 0.1) is 0 Å². The lowest BCUT2D eigenvalue weighted by Gasteiger charge is -2.42. The Bertz CT molecular complexity index is 397. The molecule has 1 N–H and O–H groups in total. The molecule has 2 rings (SSSR count). The topological polar surface area (TPSA) is 57.2 Å². The highest BCUT2D eigenvalue weighted by Crippen LogP contribution is 2.26. The van der Waals surface area contributed by atoms with E-state index in [1.54, 1.807) is 14.2 Å². The molecule has 0 aliphatic carbocycles. The average Bonchev–Trinajstić information content (AvgIpc) is 2.46. The Morgan fingerprint density at radius 2 is 1.70 bits per heavy atom. The Labute approximate surface area is 119 Å². The number of benzene rings is 1. The lowest BCUT2D eigenvalue weighted by Crippen LogP contribution is -2.58. The van der Waals surface area contributed by atoms with Crippen LogP contribution in [-0.4, -0.2) is 50.0 Å². The third-order valence-corrected chi connectivity index (χ3v) is 3.57. The molecule has 0 radical (unpaired) electrons. The lowest BCUT2D eigenvalue weighted by atomic mass is 9.99. The zero-order valence-electron chi connectivity index (χ0n) is 12.1. The molecule has 0 bridgehead atoms. The molecule has 112 valence electrons. The predicted octanol–water partition coefficient (Wildman–Crippen LogP) is 1.34.